The van der Waals surface area contributed by atoms with E-state index in [-0.39, 0.29) is 0 Å². The maximum Gasteiger partial charge on any atom is 0.0850 e. The molecule has 1 atom stereocenters. The topological polar surface area (TPSA) is 59.1 Å². The van der Waals surface area contributed by atoms with Gasteiger partial charge in [-0.1, -0.05) is 17.7 Å². The quantitative estimate of drug-likeness (QED) is 0.850. The third kappa shape index (κ3) is 3.22. The van der Waals surface area contributed by atoms with Crippen molar-refractivity contribution in [2.45, 2.75) is 12.5 Å². The van der Waals surface area contributed by atoms with Gasteiger partial charge in [0.25, 0.3) is 0 Å². The molecule has 1 unspecified atom stereocenters. The Balaban J connectivity index is 2.19. The molecule has 3 N–H and O–H groups in total. The number of pyridine rings is 1. The molecule has 2 aromatic rings. The molecule has 1 aromatic carbocycles. The minimum absolute atomic E-state index is 0.457. The molecule has 0 amide bonds. The van der Waals surface area contributed by atoms with Gasteiger partial charge in [-0.05, 0) is 39.7 Å². The molecule has 0 spiro atoms. The average molecular weight is 328 g/mol. The normalized spacial score (nSPS) is 12.4. The van der Waals surface area contributed by atoms with Gasteiger partial charge in [-0.2, -0.15) is 0 Å². The van der Waals surface area contributed by atoms with Crippen LogP contribution in [-0.2, 0) is 6.42 Å². The standard InChI is InChI=1S/C13H12BrClN2O/c14-9-3-8(6-17-7-9)4-13(18)11-2-1-10(15)5-12(11)16/h1-3,5-7,13,18H,4,16H2. The minimum atomic E-state index is -0.668. The number of aliphatic hydroxyl groups is 1. The minimum Gasteiger partial charge on any atom is -0.398 e. The van der Waals surface area contributed by atoms with Crippen LogP contribution in [0.1, 0.15) is 17.2 Å². The Kier molecular flexibility index (Phi) is 4.22. The van der Waals surface area contributed by atoms with Gasteiger partial charge in [0.2, 0.25) is 0 Å². The lowest BCUT2D eigenvalue weighted by Crippen LogP contribution is -2.05. The molecule has 0 aliphatic carbocycles. The molecule has 0 saturated carbocycles. The van der Waals surface area contributed by atoms with E-state index in [2.05, 4.69) is 20.9 Å². The summed E-state index contributed by atoms with van der Waals surface area (Å²) in [4.78, 5) is 4.06. The van der Waals surface area contributed by atoms with Crippen LogP contribution in [0.15, 0.2) is 41.1 Å². The lowest BCUT2D eigenvalue weighted by atomic mass is 10.0. The number of aliphatic hydroxyl groups excluding tert-OH is 1. The molecule has 0 bridgehead atoms. The number of hydrogen-bond donors (Lipinski definition) is 2. The third-order valence-electron chi connectivity index (χ3n) is 2.60. The summed E-state index contributed by atoms with van der Waals surface area (Å²) in [5.41, 5.74) is 7.95. The van der Waals surface area contributed by atoms with Crippen molar-refractivity contribution in [3.8, 4) is 0 Å². The van der Waals surface area contributed by atoms with Gasteiger partial charge in [0, 0.05) is 39.6 Å². The molecule has 0 saturated heterocycles. The molecule has 0 aliphatic heterocycles. The van der Waals surface area contributed by atoms with Crippen LogP contribution in [0.5, 0.6) is 0 Å². The first-order valence-electron chi connectivity index (χ1n) is 5.38. The number of nitrogen functional groups attached to an aromatic ring is 1. The average Bonchev–Trinajstić information content (AvgIpc) is 2.28. The molecule has 3 nitrogen and oxygen atoms in total. The van der Waals surface area contributed by atoms with E-state index < -0.39 is 6.10 Å². The van der Waals surface area contributed by atoms with E-state index in [1.54, 1.807) is 30.6 Å². The van der Waals surface area contributed by atoms with Crippen molar-refractivity contribution in [2.75, 3.05) is 5.73 Å². The summed E-state index contributed by atoms with van der Waals surface area (Å²) in [5.74, 6) is 0. The predicted molar refractivity (Wildman–Crippen MR) is 76.5 cm³/mol. The highest BCUT2D eigenvalue weighted by molar-refractivity contribution is 9.10. The number of nitrogens with zero attached hydrogens (tertiary/aromatic N) is 1. The maximum atomic E-state index is 10.2. The number of halogens is 2. The van der Waals surface area contributed by atoms with Gasteiger partial charge in [0.05, 0.1) is 6.10 Å². The van der Waals surface area contributed by atoms with Crippen molar-refractivity contribution in [1.82, 2.24) is 4.98 Å². The highest BCUT2D eigenvalue weighted by Crippen LogP contribution is 2.26. The molecular weight excluding hydrogens is 316 g/mol. The van der Waals surface area contributed by atoms with Crippen molar-refractivity contribution in [1.29, 1.82) is 0 Å². The second-order valence-corrected chi connectivity index (χ2v) is 5.36. The third-order valence-corrected chi connectivity index (χ3v) is 3.27. The summed E-state index contributed by atoms with van der Waals surface area (Å²) in [7, 11) is 0. The number of nitrogens with two attached hydrogens (primary N) is 1. The molecule has 1 aromatic heterocycles. The molecule has 94 valence electrons. The van der Waals surface area contributed by atoms with E-state index >= 15 is 0 Å². The van der Waals surface area contributed by atoms with Crippen LogP contribution in [0.2, 0.25) is 5.02 Å². The highest BCUT2D eigenvalue weighted by atomic mass is 79.9. The fraction of sp³-hybridized carbons (Fsp3) is 0.154. The Morgan fingerprint density at radius 1 is 1.33 bits per heavy atom. The number of rotatable bonds is 3. The molecule has 18 heavy (non-hydrogen) atoms. The number of hydrogen-bond acceptors (Lipinski definition) is 3. The van der Waals surface area contributed by atoms with E-state index in [1.165, 1.54) is 0 Å². The Morgan fingerprint density at radius 2 is 2.11 bits per heavy atom. The van der Waals surface area contributed by atoms with Crippen LogP contribution in [0.4, 0.5) is 5.69 Å². The second kappa shape index (κ2) is 5.69. The van der Waals surface area contributed by atoms with Gasteiger partial charge in [-0.3, -0.25) is 4.98 Å². The summed E-state index contributed by atoms with van der Waals surface area (Å²) in [5, 5.41) is 10.7. The van der Waals surface area contributed by atoms with Gasteiger partial charge in [-0.15, -0.1) is 0 Å². The first-order chi connectivity index (χ1) is 8.56. The molecule has 0 fully saturated rings. The monoisotopic (exact) mass is 326 g/mol. The molecule has 2 rings (SSSR count). The zero-order valence-electron chi connectivity index (χ0n) is 9.48. The van der Waals surface area contributed by atoms with Crippen molar-refractivity contribution in [3.05, 3.63) is 57.3 Å². The fourth-order valence-electron chi connectivity index (χ4n) is 1.75. The van der Waals surface area contributed by atoms with Gasteiger partial charge in [0.15, 0.2) is 0 Å². The Morgan fingerprint density at radius 3 is 2.78 bits per heavy atom. The van der Waals surface area contributed by atoms with Crippen LogP contribution in [-0.4, -0.2) is 10.1 Å². The summed E-state index contributed by atoms with van der Waals surface area (Å²) >= 11 is 9.17. The van der Waals surface area contributed by atoms with Gasteiger partial charge < -0.3 is 10.8 Å². The zero-order valence-corrected chi connectivity index (χ0v) is 11.8. The van der Waals surface area contributed by atoms with Gasteiger partial charge in [-0.25, -0.2) is 0 Å². The summed E-state index contributed by atoms with van der Waals surface area (Å²) in [6.07, 6.45) is 3.21. The van der Waals surface area contributed by atoms with Crippen LogP contribution in [0.25, 0.3) is 0 Å². The van der Waals surface area contributed by atoms with E-state index in [9.17, 15) is 5.11 Å². The first-order valence-corrected chi connectivity index (χ1v) is 6.56. The van der Waals surface area contributed by atoms with Crippen LogP contribution in [0, 0.1) is 0 Å². The molecule has 0 radical (unpaired) electrons. The van der Waals surface area contributed by atoms with Crippen LogP contribution in [0.3, 0.4) is 0 Å². The van der Waals surface area contributed by atoms with Gasteiger partial charge in [0.1, 0.15) is 0 Å². The summed E-state index contributed by atoms with van der Waals surface area (Å²) in [6.45, 7) is 0. The Hall–Kier alpha value is -1.10. The highest BCUT2D eigenvalue weighted by Gasteiger charge is 2.12. The largest absolute Gasteiger partial charge is 0.398 e. The predicted octanol–water partition coefficient (Wildman–Crippen LogP) is 3.36. The Bertz CT molecular complexity index is 562. The van der Waals surface area contributed by atoms with E-state index in [4.69, 9.17) is 17.3 Å². The van der Waals surface area contributed by atoms with E-state index in [1.807, 2.05) is 6.07 Å². The lowest BCUT2D eigenvalue weighted by Gasteiger charge is -2.13. The van der Waals surface area contributed by atoms with Crippen molar-refractivity contribution in [3.63, 3.8) is 0 Å². The molecule has 0 aliphatic rings. The fourth-order valence-corrected chi connectivity index (χ4v) is 2.34. The number of benzene rings is 1. The summed E-state index contributed by atoms with van der Waals surface area (Å²) in [6, 6.07) is 7.02. The zero-order chi connectivity index (χ0) is 13.1. The lowest BCUT2D eigenvalue weighted by molar-refractivity contribution is 0.179. The van der Waals surface area contributed by atoms with Crippen molar-refractivity contribution < 1.29 is 5.11 Å². The smallest absolute Gasteiger partial charge is 0.0850 e. The summed E-state index contributed by atoms with van der Waals surface area (Å²) < 4.78 is 0.885. The van der Waals surface area contributed by atoms with Gasteiger partial charge >= 0.3 is 0 Å². The molecule has 5 heteroatoms. The number of anilines is 1. The van der Waals surface area contributed by atoms with E-state index in [0.29, 0.717) is 22.7 Å². The molecule has 1 heterocycles. The second-order valence-electron chi connectivity index (χ2n) is 4.00. The van der Waals surface area contributed by atoms with Crippen molar-refractivity contribution in [2.24, 2.45) is 0 Å². The first kappa shape index (κ1) is 13.3. The Labute approximate surface area is 119 Å². The number of aromatic nitrogens is 1. The van der Waals surface area contributed by atoms with Crippen LogP contribution >= 0.6 is 27.5 Å². The molecular formula is C13H12BrClN2O. The van der Waals surface area contributed by atoms with E-state index in [0.717, 1.165) is 10.0 Å². The van der Waals surface area contributed by atoms with Crippen LogP contribution < -0.4 is 5.73 Å². The van der Waals surface area contributed by atoms with Crippen molar-refractivity contribution >= 4 is 33.2 Å². The maximum absolute atomic E-state index is 10.2. The SMILES string of the molecule is Nc1cc(Cl)ccc1C(O)Cc1cncc(Br)c1.